The van der Waals surface area contributed by atoms with Crippen LogP contribution in [0, 0.1) is 34.2 Å². The van der Waals surface area contributed by atoms with Crippen LogP contribution in [0.4, 0.5) is 13.2 Å². The highest BCUT2D eigenvalue weighted by molar-refractivity contribution is 9.10. The summed E-state index contributed by atoms with van der Waals surface area (Å²) < 4.78 is 57.5. The van der Waals surface area contributed by atoms with Crippen LogP contribution in [0.5, 0.6) is 11.8 Å². The van der Waals surface area contributed by atoms with Gasteiger partial charge < -0.3 is 14.0 Å². The molecule has 7 nitrogen and oxygen atoms in total. The Labute approximate surface area is 260 Å². The van der Waals surface area contributed by atoms with Gasteiger partial charge in [-0.2, -0.15) is 10.2 Å². The van der Waals surface area contributed by atoms with E-state index in [2.05, 4.69) is 36.5 Å². The van der Waals surface area contributed by atoms with E-state index in [1.165, 1.54) is 36.4 Å². The van der Waals surface area contributed by atoms with Crippen molar-refractivity contribution in [2.45, 2.75) is 57.9 Å². The van der Waals surface area contributed by atoms with Crippen LogP contribution in [-0.2, 0) is 19.7 Å². The summed E-state index contributed by atoms with van der Waals surface area (Å²) in [5, 5.41) is 9.60. The lowest BCUT2D eigenvalue weighted by Crippen LogP contribution is -2.38. The van der Waals surface area contributed by atoms with Crippen LogP contribution in [0.1, 0.15) is 43.5 Å². The van der Waals surface area contributed by atoms with E-state index in [0.717, 1.165) is 24.2 Å². The number of ether oxygens (including phenoxy) is 2. The zero-order valence-corrected chi connectivity index (χ0v) is 25.5. The molecule has 3 heterocycles. The first kappa shape index (κ1) is 29.7. The number of hydrogen-bond acceptors (Lipinski definition) is 6. The first-order valence-corrected chi connectivity index (χ1v) is 15.2. The SMILES string of the molecule is N#CCC1(Cn2c(CN3CCC(Oc4ccc(F)c(OCc5ccc(Cl)cc5F)n4)CC3)nc3c(F)cc(Br)cc32)CC1. The minimum Gasteiger partial charge on any atom is -0.474 e. The lowest BCUT2D eigenvalue weighted by molar-refractivity contribution is 0.0901. The summed E-state index contributed by atoms with van der Waals surface area (Å²) in [6.07, 6.45) is 3.66. The Bertz CT molecular complexity index is 1700. The highest BCUT2D eigenvalue weighted by Gasteiger charge is 2.43. The number of halogens is 5. The average molecular weight is 675 g/mol. The fourth-order valence-corrected chi connectivity index (χ4v) is 6.06. The van der Waals surface area contributed by atoms with Crippen LogP contribution in [0.3, 0.4) is 0 Å². The Kier molecular flexibility index (Phi) is 8.54. The van der Waals surface area contributed by atoms with E-state index in [1.807, 2.05) is 6.07 Å². The molecule has 4 aromatic rings. The number of fused-ring (bicyclic) bond motifs is 1. The predicted octanol–water partition coefficient (Wildman–Crippen LogP) is 7.58. The molecule has 12 heteroatoms. The molecule has 2 aromatic heterocycles. The van der Waals surface area contributed by atoms with Crippen LogP contribution in [0.2, 0.25) is 5.02 Å². The zero-order chi connectivity index (χ0) is 30.1. The van der Waals surface area contributed by atoms with Crippen LogP contribution in [-0.4, -0.2) is 38.6 Å². The summed E-state index contributed by atoms with van der Waals surface area (Å²) in [6, 6.07) is 12.5. The summed E-state index contributed by atoms with van der Waals surface area (Å²) >= 11 is 9.20. The number of likely N-dealkylation sites (tertiary alicyclic amines) is 1. The number of rotatable bonds is 10. The zero-order valence-electron chi connectivity index (χ0n) is 23.1. The first-order chi connectivity index (χ1) is 20.7. The molecule has 2 aliphatic rings. The molecule has 6 rings (SSSR count). The summed E-state index contributed by atoms with van der Waals surface area (Å²) in [5.74, 6) is -0.876. The van der Waals surface area contributed by atoms with E-state index >= 15 is 0 Å². The summed E-state index contributed by atoms with van der Waals surface area (Å²) in [7, 11) is 0. The molecule has 43 heavy (non-hydrogen) atoms. The number of nitrogens with zero attached hydrogens (tertiary/aromatic N) is 5. The quantitative estimate of drug-likeness (QED) is 0.173. The number of benzene rings is 2. The lowest BCUT2D eigenvalue weighted by atomic mass is 10.0. The van der Waals surface area contributed by atoms with Crippen LogP contribution < -0.4 is 9.47 Å². The van der Waals surface area contributed by atoms with Crippen molar-refractivity contribution >= 4 is 38.6 Å². The standard InChI is InChI=1S/C31H28BrClF3N5O2/c32-20-13-25(36)29-26(14-20)41(18-31(7-8-31)9-10-37)27(38-29)16-40-11-5-22(6-12-40)43-28-4-3-23(34)30(39-28)42-17-19-1-2-21(33)15-24(19)35/h1-4,13-15,22H,5-9,11-12,16-18H2. The Hall–Kier alpha value is -3.33. The largest absolute Gasteiger partial charge is 0.474 e. The van der Waals surface area contributed by atoms with E-state index in [9.17, 15) is 18.4 Å². The monoisotopic (exact) mass is 673 g/mol. The fraction of sp³-hybridized carbons (Fsp3) is 0.387. The van der Waals surface area contributed by atoms with Crippen molar-refractivity contribution in [3.8, 4) is 17.8 Å². The second-order valence-electron chi connectivity index (χ2n) is 11.3. The van der Waals surface area contributed by atoms with Crippen molar-refractivity contribution in [1.29, 1.82) is 5.26 Å². The maximum absolute atomic E-state index is 14.8. The number of aromatic nitrogens is 3. The minimum absolute atomic E-state index is 0.0789. The van der Waals surface area contributed by atoms with Gasteiger partial charge in [0, 0.05) is 52.6 Å². The van der Waals surface area contributed by atoms with Gasteiger partial charge in [0.1, 0.15) is 29.9 Å². The van der Waals surface area contributed by atoms with Gasteiger partial charge in [-0.3, -0.25) is 4.90 Å². The molecule has 0 spiro atoms. The first-order valence-electron chi connectivity index (χ1n) is 14.1. The number of imidazole rings is 1. The second-order valence-corrected chi connectivity index (χ2v) is 12.6. The van der Waals surface area contributed by atoms with E-state index in [0.29, 0.717) is 55.4 Å². The molecule has 2 fully saturated rings. The molecule has 0 bridgehead atoms. The highest BCUT2D eigenvalue weighted by atomic mass is 79.9. The third kappa shape index (κ3) is 6.77. The van der Waals surface area contributed by atoms with Crippen LogP contribution in [0.25, 0.3) is 11.0 Å². The molecule has 1 saturated carbocycles. The van der Waals surface area contributed by atoms with Crippen molar-refractivity contribution in [3.05, 3.63) is 80.8 Å². The Morgan fingerprint density at radius 2 is 1.81 bits per heavy atom. The average Bonchev–Trinajstić information content (AvgIpc) is 3.65. The Morgan fingerprint density at radius 1 is 1.02 bits per heavy atom. The predicted molar refractivity (Wildman–Crippen MR) is 158 cm³/mol. The Balaban J connectivity index is 1.09. The maximum Gasteiger partial charge on any atom is 0.254 e. The highest BCUT2D eigenvalue weighted by Crippen LogP contribution is 2.50. The number of hydrogen-bond donors (Lipinski definition) is 0. The van der Waals surface area contributed by atoms with Crippen molar-refractivity contribution in [2.24, 2.45) is 5.41 Å². The smallest absolute Gasteiger partial charge is 0.254 e. The molecule has 1 saturated heterocycles. The Morgan fingerprint density at radius 3 is 2.53 bits per heavy atom. The molecule has 2 aromatic carbocycles. The van der Waals surface area contributed by atoms with Gasteiger partial charge in [0.2, 0.25) is 5.88 Å². The van der Waals surface area contributed by atoms with Crippen molar-refractivity contribution in [3.63, 3.8) is 0 Å². The number of pyridine rings is 1. The van der Waals surface area contributed by atoms with Crippen molar-refractivity contribution in [2.75, 3.05) is 13.1 Å². The minimum atomic E-state index is -0.675. The van der Waals surface area contributed by atoms with E-state index in [1.54, 1.807) is 0 Å². The topological polar surface area (TPSA) is 76.2 Å². The van der Waals surface area contributed by atoms with Crippen molar-refractivity contribution < 1.29 is 22.6 Å². The third-order valence-corrected chi connectivity index (χ3v) is 8.80. The normalized spacial score (nSPS) is 16.7. The molecular weight excluding hydrogens is 647 g/mol. The van der Waals surface area contributed by atoms with Gasteiger partial charge >= 0.3 is 0 Å². The summed E-state index contributed by atoms with van der Waals surface area (Å²) in [5.41, 5.74) is 1.21. The number of piperidine rings is 1. The van der Waals surface area contributed by atoms with Gasteiger partial charge in [-0.1, -0.05) is 33.6 Å². The number of nitriles is 1. The molecule has 0 amide bonds. The molecule has 0 N–H and O–H groups in total. The maximum atomic E-state index is 14.8. The van der Waals surface area contributed by atoms with Crippen LogP contribution in [0.15, 0.2) is 46.9 Å². The summed E-state index contributed by atoms with van der Waals surface area (Å²) in [6.45, 7) is 2.38. The molecule has 0 unspecified atom stereocenters. The van der Waals surface area contributed by atoms with Gasteiger partial charge in [0.05, 0.1) is 18.1 Å². The summed E-state index contributed by atoms with van der Waals surface area (Å²) in [4.78, 5) is 11.1. The van der Waals surface area contributed by atoms with Crippen LogP contribution >= 0.6 is 27.5 Å². The van der Waals surface area contributed by atoms with E-state index in [-0.39, 0.29) is 46.3 Å². The van der Waals surface area contributed by atoms with Gasteiger partial charge in [-0.05, 0) is 56.0 Å². The molecule has 1 aliphatic heterocycles. The van der Waals surface area contributed by atoms with E-state index in [4.69, 9.17) is 26.1 Å². The molecule has 1 aliphatic carbocycles. The van der Waals surface area contributed by atoms with Gasteiger partial charge in [0.25, 0.3) is 5.88 Å². The van der Waals surface area contributed by atoms with Crippen molar-refractivity contribution in [1.82, 2.24) is 19.4 Å². The van der Waals surface area contributed by atoms with E-state index < -0.39 is 11.6 Å². The molecule has 224 valence electrons. The molecule has 0 atom stereocenters. The van der Waals surface area contributed by atoms with Gasteiger partial charge in [0.15, 0.2) is 11.6 Å². The molecule has 0 radical (unpaired) electrons. The molecular formula is C31H28BrClF3N5O2. The fourth-order valence-electron chi connectivity index (χ4n) is 5.48. The lowest BCUT2D eigenvalue weighted by Gasteiger charge is -2.32. The second kappa shape index (κ2) is 12.3. The third-order valence-electron chi connectivity index (χ3n) is 8.11. The van der Waals surface area contributed by atoms with Gasteiger partial charge in [-0.15, -0.1) is 0 Å². The van der Waals surface area contributed by atoms with Gasteiger partial charge in [-0.25, -0.2) is 18.2 Å².